The Morgan fingerprint density at radius 3 is 2.79 bits per heavy atom. The van der Waals surface area contributed by atoms with Gasteiger partial charge in [0.1, 0.15) is 5.02 Å². The standard InChI is InChI=1S/C13H14ClN3O2/c1-9-6-13(17(18)19)11(14)7-12(9)15-8-10-4-3-5-16(10)2/h3-7,15H,8H2,1-2H3. The van der Waals surface area contributed by atoms with Crippen LogP contribution in [-0.2, 0) is 13.6 Å². The summed E-state index contributed by atoms with van der Waals surface area (Å²) in [6.07, 6.45) is 1.96. The average molecular weight is 280 g/mol. The molecule has 0 atom stereocenters. The van der Waals surface area contributed by atoms with Gasteiger partial charge in [0.05, 0.1) is 11.5 Å². The summed E-state index contributed by atoms with van der Waals surface area (Å²) in [7, 11) is 1.96. The van der Waals surface area contributed by atoms with Gasteiger partial charge in [-0.05, 0) is 30.7 Å². The fourth-order valence-electron chi connectivity index (χ4n) is 1.86. The van der Waals surface area contributed by atoms with E-state index in [1.165, 1.54) is 6.07 Å². The third-order valence-electron chi connectivity index (χ3n) is 3.00. The van der Waals surface area contributed by atoms with Crippen LogP contribution in [0, 0.1) is 17.0 Å². The van der Waals surface area contributed by atoms with E-state index in [2.05, 4.69) is 5.32 Å². The van der Waals surface area contributed by atoms with Gasteiger partial charge in [-0.15, -0.1) is 0 Å². The molecule has 0 aliphatic rings. The molecule has 5 nitrogen and oxygen atoms in total. The van der Waals surface area contributed by atoms with Gasteiger partial charge in [-0.1, -0.05) is 11.6 Å². The Kier molecular flexibility index (Phi) is 3.76. The Hall–Kier alpha value is -2.01. The minimum Gasteiger partial charge on any atom is -0.379 e. The zero-order valence-electron chi connectivity index (χ0n) is 10.7. The van der Waals surface area contributed by atoms with E-state index >= 15 is 0 Å². The molecule has 0 aliphatic heterocycles. The first-order valence-electron chi connectivity index (χ1n) is 5.77. The molecular weight excluding hydrogens is 266 g/mol. The van der Waals surface area contributed by atoms with Crippen molar-refractivity contribution in [3.05, 3.63) is 56.9 Å². The first kappa shape index (κ1) is 13.4. The van der Waals surface area contributed by atoms with Gasteiger partial charge in [-0.3, -0.25) is 10.1 Å². The highest BCUT2D eigenvalue weighted by molar-refractivity contribution is 6.33. The summed E-state index contributed by atoms with van der Waals surface area (Å²) in [5.41, 5.74) is 2.65. The summed E-state index contributed by atoms with van der Waals surface area (Å²) < 4.78 is 2.01. The maximum absolute atomic E-state index is 10.8. The van der Waals surface area contributed by atoms with Crippen molar-refractivity contribution in [2.75, 3.05) is 5.32 Å². The monoisotopic (exact) mass is 279 g/mol. The Morgan fingerprint density at radius 2 is 2.21 bits per heavy atom. The third kappa shape index (κ3) is 2.88. The van der Waals surface area contributed by atoms with Gasteiger partial charge in [-0.2, -0.15) is 0 Å². The molecule has 0 saturated heterocycles. The van der Waals surface area contributed by atoms with Crippen LogP contribution in [-0.4, -0.2) is 9.49 Å². The van der Waals surface area contributed by atoms with Crippen LogP contribution in [0.25, 0.3) is 0 Å². The van der Waals surface area contributed by atoms with Crippen LogP contribution in [0.2, 0.25) is 5.02 Å². The van der Waals surface area contributed by atoms with Gasteiger partial charge >= 0.3 is 0 Å². The van der Waals surface area contributed by atoms with E-state index < -0.39 is 4.92 Å². The Balaban J connectivity index is 2.20. The van der Waals surface area contributed by atoms with Crippen molar-refractivity contribution in [2.24, 2.45) is 7.05 Å². The van der Waals surface area contributed by atoms with Gasteiger partial charge in [0.25, 0.3) is 5.69 Å². The van der Waals surface area contributed by atoms with Crippen LogP contribution >= 0.6 is 11.6 Å². The van der Waals surface area contributed by atoms with Crippen LogP contribution in [0.5, 0.6) is 0 Å². The number of nitrogens with zero attached hydrogens (tertiary/aromatic N) is 2. The van der Waals surface area contributed by atoms with Gasteiger partial charge in [-0.25, -0.2) is 0 Å². The van der Waals surface area contributed by atoms with Crippen molar-refractivity contribution in [1.82, 2.24) is 4.57 Å². The normalized spacial score (nSPS) is 10.5. The molecule has 1 aromatic heterocycles. The van der Waals surface area contributed by atoms with E-state index in [-0.39, 0.29) is 10.7 Å². The number of nitro groups is 1. The molecule has 19 heavy (non-hydrogen) atoms. The Morgan fingerprint density at radius 1 is 1.47 bits per heavy atom. The van der Waals surface area contributed by atoms with Gasteiger partial charge in [0.15, 0.2) is 0 Å². The molecule has 0 spiro atoms. The first-order chi connectivity index (χ1) is 8.99. The molecule has 6 heteroatoms. The third-order valence-corrected chi connectivity index (χ3v) is 3.30. The second-order valence-electron chi connectivity index (χ2n) is 4.34. The van der Waals surface area contributed by atoms with Gasteiger partial charge < -0.3 is 9.88 Å². The van der Waals surface area contributed by atoms with E-state index in [1.54, 1.807) is 6.07 Å². The van der Waals surface area contributed by atoms with Crippen LogP contribution in [0.15, 0.2) is 30.5 Å². The van der Waals surface area contributed by atoms with Crippen molar-refractivity contribution < 1.29 is 4.92 Å². The highest BCUT2D eigenvalue weighted by Crippen LogP contribution is 2.30. The van der Waals surface area contributed by atoms with E-state index in [0.717, 1.165) is 16.9 Å². The van der Waals surface area contributed by atoms with E-state index in [1.807, 2.05) is 36.9 Å². The first-order valence-corrected chi connectivity index (χ1v) is 6.15. The maximum atomic E-state index is 10.8. The molecule has 2 aromatic rings. The highest BCUT2D eigenvalue weighted by atomic mass is 35.5. The summed E-state index contributed by atoms with van der Waals surface area (Å²) in [5.74, 6) is 0. The minimum atomic E-state index is -0.476. The van der Waals surface area contributed by atoms with Crippen molar-refractivity contribution in [2.45, 2.75) is 13.5 Å². The summed E-state index contributed by atoms with van der Waals surface area (Å²) in [6.45, 7) is 2.45. The summed E-state index contributed by atoms with van der Waals surface area (Å²) in [4.78, 5) is 10.3. The molecule has 0 unspecified atom stereocenters. The summed E-state index contributed by atoms with van der Waals surface area (Å²) in [5, 5.41) is 14.2. The van der Waals surface area contributed by atoms with E-state index in [0.29, 0.717) is 6.54 Å². The lowest BCUT2D eigenvalue weighted by Gasteiger charge is -2.11. The number of rotatable bonds is 4. The molecule has 0 fully saturated rings. The summed E-state index contributed by atoms with van der Waals surface area (Å²) in [6, 6.07) is 7.05. The van der Waals surface area contributed by atoms with Crippen LogP contribution in [0.3, 0.4) is 0 Å². The van der Waals surface area contributed by atoms with Crippen molar-refractivity contribution in [3.63, 3.8) is 0 Å². The fourth-order valence-corrected chi connectivity index (χ4v) is 2.10. The van der Waals surface area contributed by atoms with Crippen LogP contribution in [0.4, 0.5) is 11.4 Å². The Bertz CT molecular complexity index is 622. The molecule has 1 N–H and O–H groups in total. The number of hydrogen-bond donors (Lipinski definition) is 1. The quantitative estimate of drug-likeness (QED) is 0.688. The zero-order valence-corrected chi connectivity index (χ0v) is 11.4. The molecule has 100 valence electrons. The molecule has 0 amide bonds. The lowest BCUT2D eigenvalue weighted by molar-refractivity contribution is -0.384. The topological polar surface area (TPSA) is 60.1 Å². The molecule has 0 saturated carbocycles. The molecular formula is C13H14ClN3O2. The lowest BCUT2D eigenvalue weighted by Crippen LogP contribution is -2.05. The van der Waals surface area contributed by atoms with Gasteiger partial charge in [0.2, 0.25) is 0 Å². The summed E-state index contributed by atoms with van der Waals surface area (Å²) >= 11 is 5.90. The zero-order chi connectivity index (χ0) is 14.0. The molecule has 0 aliphatic carbocycles. The van der Waals surface area contributed by atoms with Crippen molar-refractivity contribution >= 4 is 23.0 Å². The number of benzene rings is 1. The average Bonchev–Trinajstić information content (AvgIpc) is 2.75. The molecule has 1 heterocycles. The second-order valence-corrected chi connectivity index (χ2v) is 4.75. The number of aromatic nitrogens is 1. The largest absolute Gasteiger partial charge is 0.379 e. The smallest absolute Gasteiger partial charge is 0.288 e. The van der Waals surface area contributed by atoms with Crippen molar-refractivity contribution in [3.8, 4) is 0 Å². The number of hydrogen-bond acceptors (Lipinski definition) is 3. The molecule has 0 radical (unpaired) electrons. The van der Waals surface area contributed by atoms with Gasteiger partial charge in [0, 0.05) is 30.7 Å². The molecule has 0 bridgehead atoms. The number of aryl methyl sites for hydroxylation is 2. The number of halogens is 1. The molecule has 1 aromatic carbocycles. The number of nitrogens with one attached hydrogen (secondary N) is 1. The predicted octanol–water partition coefficient (Wildman–Crippen LogP) is 3.51. The van der Waals surface area contributed by atoms with Crippen LogP contribution in [0.1, 0.15) is 11.3 Å². The highest BCUT2D eigenvalue weighted by Gasteiger charge is 2.14. The minimum absolute atomic E-state index is 0.0661. The van der Waals surface area contributed by atoms with E-state index in [9.17, 15) is 10.1 Å². The Labute approximate surface area is 116 Å². The number of nitro benzene ring substituents is 1. The maximum Gasteiger partial charge on any atom is 0.288 e. The van der Waals surface area contributed by atoms with Crippen molar-refractivity contribution in [1.29, 1.82) is 0 Å². The lowest BCUT2D eigenvalue weighted by atomic mass is 10.1. The molecule has 2 rings (SSSR count). The van der Waals surface area contributed by atoms with E-state index in [4.69, 9.17) is 11.6 Å². The predicted molar refractivity (Wildman–Crippen MR) is 75.6 cm³/mol. The number of anilines is 1. The second kappa shape index (κ2) is 5.32. The SMILES string of the molecule is Cc1cc([N+](=O)[O-])c(Cl)cc1NCc1cccn1C. The fraction of sp³-hybridized carbons (Fsp3) is 0.231. The van der Waals surface area contributed by atoms with Crippen LogP contribution < -0.4 is 5.32 Å².